The van der Waals surface area contributed by atoms with Crippen molar-refractivity contribution in [3.05, 3.63) is 82.6 Å². The third-order valence-corrected chi connectivity index (χ3v) is 5.45. The molecule has 0 spiro atoms. The zero-order chi connectivity index (χ0) is 19.2. The molecule has 0 atom stereocenters. The standard InChI is InChI=1S/C21H20ClN3OS/c1-15-5-3-7-20(16(15)2)25-12-4-6-18(25)13-23-24-21(26)14-27-19-10-8-17(22)9-11-19/h3-13H,14H2,1-2H3,(H,24,26)/b23-13-. The van der Waals surface area contributed by atoms with Gasteiger partial charge in [-0.15, -0.1) is 11.8 Å². The van der Waals surface area contributed by atoms with E-state index in [1.165, 1.54) is 22.9 Å². The molecule has 0 fully saturated rings. The Morgan fingerprint density at radius 2 is 1.93 bits per heavy atom. The Morgan fingerprint density at radius 1 is 1.15 bits per heavy atom. The zero-order valence-corrected chi connectivity index (χ0v) is 16.7. The Kier molecular flexibility index (Phi) is 6.37. The summed E-state index contributed by atoms with van der Waals surface area (Å²) in [6.45, 7) is 4.19. The van der Waals surface area contributed by atoms with Crippen LogP contribution in [0.15, 0.2) is 70.8 Å². The average molecular weight is 398 g/mol. The number of nitrogens with zero attached hydrogens (tertiary/aromatic N) is 2. The van der Waals surface area contributed by atoms with Gasteiger partial charge in [0.1, 0.15) is 0 Å². The monoisotopic (exact) mass is 397 g/mol. The van der Waals surface area contributed by atoms with Gasteiger partial charge >= 0.3 is 0 Å². The summed E-state index contributed by atoms with van der Waals surface area (Å²) in [4.78, 5) is 13.0. The zero-order valence-electron chi connectivity index (χ0n) is 15.1. The van der Waals surface area contributed by atoms with E-state index in [0.717, 1.165) is 16.3 Å². The van der Waals surface area contributed by atoms with Crippen LogP contribution in [-0.2, 0) is 4.79 Å². The number of hydrogen-bond acceptors (Lipinski definition) is 3. The van der Waals surface area contributed by atoms with Crippen LogP contribution in [0.2, 0.25) is 5.02 Å². The maximum atomic E-state index is 12.0. The number of nitrogens with one attached hydrogen (secondary N) is 1. The number of hydrazone groups is 1. The molecule has 3 rings (SSSR count). The number of carbonyl (C=O) groups is 1. The minimum atomic E-state index is -0.156. The van der Waals surface area contributed by atoms with E-state index in [-0.39, 0.29) is 11.7 Å². The maximum Gasteiger partial charge on any atom is 0.250 e. The molecule has 0 aliphatic rings. The first-order valence-corrected chi connectivity index (χ1v) is 9.85. The third kappa shape index (κ3) is 5.02. The summed E-state index contributed by atoms with van der Waals surface area (Å²) in [5, 5.41) is 4.78. The molecule has 0 aliphatic carbocycles. The molecule has 0 aliphatic heterocycles. The van der Waals surface area contributed by atoms with Crippen molar-refractivity contribution in [2.75, 3.05) is 5.75 Å². The second-order valence-electron chi connectivity index (χ2n) is 6.06. The van der Waals surface area contributed by atoms with Gasteiger partial charge in [0.2, 0.25) is 5.91 Å². The molecule has 1 amide bonds. The van der Waals surface area contributed by atoms with Crippen molar-refractivity contribution in [2.24, 2.45) is 5.10 Å². The Bertz CT molecular complexity index is 964. The molecule has 1 aromatic heterocycles. The molecular formula is C21H20ClN3OS. The number of hydrogen-bond donors (Lipinski definition) is 1. The summed E-state index contributed by atoms with van der Waals surface area (Å²) in [5.74, 6) is 0.132. The Balaban J connectivity index is 1.60. The largest absolute Gasteiger partial charge is 0.315 e. The summed E-state index contributed by atoms with van der Waals surface area (Å²) in [6, 6.07) is 17.5. The van der Waals surface area contributed by atoms with Crippen molar-refractivity contribution >= 4 is 35.5 Å². The number of aryl methyl sites for hydroxylation is 1. The van der Waals surface area contributed by atoms with Gasteiger partial charge in [0.05, 0.1) is 17.7 Å². The molecule has 1 heterocycles. The minimum absolute atomic E-state index is 0.156. The van der Waals surface area contributed by atoms with Crippen LogP contribution in [0.25, 0.3) is 5.69 Å². The Labute approximate surface area is 168 Å². The fourth-order valence-electron chi connectivity index (χ4n) is 2.60. The second-order valence-corrected chi connectivity index (χ2v) is 7.54. The van der Waals surface area contributed by atoms with Crippen molar-refractivity contribution in [1.82, 2.24) is 9.99 Å². The highest BCUT2D eigenvalue weighted by Gasteiger charge is 2.06. The van der Waals surface area contributed by atoms with E-state index in [2.05, 4.69) is 41.1 Å². The highest BCUT2D eigenvalue weighted by Crippen LogP contribution is 2.20. The average Bonchev–Trinajstić information content (AvgIpc) is 3.12. The summed E-state index contributed by atoms with van der Waals surface area (Å²) < 4.78 is 2.06. The van der Waals surface area contributed by atoms with E-state index in [9.17, 15) is 4.79 Å². The van der Waals surface area contributed by atoms with Gasteiger partial charge in [0, 0.05) is 21.8 Å². The summed E-state index contributed by atoms with van der Waals surface area (Å²) in [6.07, 6.45) is 3.65. The summed E-state index contributed by atoms with van der Waals surface area (Å²) in [7, 11) is 0. The van der Waals surface area contributed by atoms with Crippen LogP contribution in [0.1, 0.15) is 16.8 Å². The normalized spacial score (nSPS) is 11.1. The van der Waals surface area contributed by atoms with E-state index >= 15 is 0 Å². The quantitative estimate of drug-likeness (QED) is 0.362. The molecule has 0 saturated heterocycles. The molecule has 0 radical (unpaired) electrons. The number of rotatable bonds is 6. The number of aromatic nitrogens is 1. The van der Waals surface area contributed by atoms with Gasteiger partial charge in [0.15, 0.2) is 0 Å². The van der Waals surface area contributed by atoms with E-state index in [1.54, 1.807) is 18.3 Å². The van der Waals surface area contributed by atoms with Crippen molar-refractivity contribution in [2.45, 2.75) is 18.7 Å². The van der Waals surface area contributed by atoms with Crippen LogP contribution in [0.5, 0.6) is 0 Å². The maximum absolute atomic E-state index is 12.0. The van der Waals surface area contributed by atoms with Gasteiger partial charge in [-0.25, -0.2) is 5.43 Å². The van der Waals surface area contributed by atoms with Crippen LogP contribution in [0.4, 0.5) is 0 Å². The SMILES string of the molecule is Cc1cccc(-n2cccc2/C=N\NC(=O)CSc2ccc(Cl)cc2)c1C. The van der Waals surface area contributed by atoms with E-state index in [1.807, 2.05) is 36.5 Å². The van der Waals surface area contributed by atoms with Gasteiger partial charge in [-0.2, -0.15) is 5.10 Å². The van der Waals surface area contributed by atoms with Crippen LogP contribution >= 0.6 is 23.4 Å². The van der Waals surface area contributed by atoms with Crippen LogP contribution in [-0.4, -0.2) is 22.4 Å². The highest BCUT2D eigenvalue weighted by atomic mass is 35.5. The summed E-state index contributed by atoms with van der Waals surface area (Å²) >= 11 is 7.30. The lowest BCUT2D eigenvalue weighted by Gasteiger charge is -2.11. The Morgan fingerprint density at radius 3 is 2.70 bits per heavy atom. The minimum Gasteiger partial charge on any atom is -0.315 e. The van der Waals surface area contributed by atoms with E-state index < -0.39 is 0 Å². The molecular weight excluding hydrogens is 378 g/mol. The van der Waals surface area contributed by atoms with Crippen LogP contribution < -0.4 is 5.43 Å². The number of carbonyl (C=O) groups excluding carboxylic acids is 1. The number of halogens is 1. The number of thioether (sulfide) groups is 1. The van der Waals surface area contributed by atoms with Crippen molar-refractivity contribution in [1.29, 1.82) is 0 Å². The predicted molar refractivity (Wildman–Crippen MR) is 113 cm³/mol. The molecule has 138 valence electrons. The highest BCUT2D eigenvalue weighted by molar-refractivity contribution is 8.00. The van der Waals surface area contributed by atoms with Gasteiger partial charge < -0.3 is 4.57 Å². The fourth-order valence-corrected chi connectivity index (χ4v) is 3.41. The first kappa shape index (κ1) is 19.3. The van der Waals surface area contributed by atoms with E-state index in [4.69, 9.17) is 11.6 Å². The molecule has 0 bridgehead atoms. The second kappa shape index (κ2) is 8.93. The predicted octanol–water partition coefficient (Wildman–Crippen LogP) is 4.99. The molecule has 3 aromatic rings. The van der Waals surface area contributed by atoms with E-state index in [0.29, 0.717) is 5.02 Å². The lowest BCUT2D eigenvalue weighted by Crippen LogP contribution is -2.19. The smallest absolute Gasteiger partial charge is 0.250 e. The molecule has 2 aromatic carbocycles. The van der Waals surface area contributed by atoms with Crippen LogP contribution in [0.3, 0.4) is 0 Å². The Hall–Kier alpha value is -2.50. The van der Waals surface area contributed by atoms with Crippen molar-refractivity contribution in [3.8, 4) is 5.69 Å². The fraction of sp³-hybridized carbons (Fsp3) is 0.143. The van der Waals surface area contributed by atoms with Crippen LogP contribution in [0, 0.1) is 13.8 Å². The first-order valence-electron chi connectivity index (χ1n) is 8.49. The molecule has 1 N–H and O–H groups in total. The van der Waals surface area contributed by atoms with Crippen molar-refractivity contribution in [3.63, 3.8) is 0 Å². The molecule has 0 unspecified atom stereocenters. The third-order valence-electron chi connectivity index (χ3n) is 4.19. The lowest BCUT2D eigenvalue weighted by molar-refractivity contribution is -0.118. The number of benzene rings is 2. The molecule has 4 nitrogen and oxygen atoms in total. The lowest BCUT2D eigenvalue weighted by atomic mass is 10.1. The molecule has 6 heteroatoms. The van der Waals surface area contributed by atoms with Gasteiger partial charge in [0.25, 0.3) is 0 Å². The van der Waals surface area contributed by atoms with Crippen molar-refractivity contribution < 1.29 is 4.79 Å². The topological polar surface area (TPSA) is 46.4 Å². The van der Waals surface area contributed by atoms with Gasteiger partial charge in [-0.1, -0.05) is 23.7 Å². The summed E-state index contributed by atoms with van der Waals surface area (Å²) in [5.41, 5.74) is 7.03. The van der Waals surface area contributed by atoms with Gasteiger partial charge in [-0.05, 0) is 67.4 Å². The first-order chi connectivity index (χ1) is 13.0. The molecule has 0 saturated carbocycles. The number of amides is 1. The molecule has 27 heavy (non-hydrogen) atoms. The van der Waals surface area contributed by atoms with Gasteiger partial charge in [-0.3, -0.25) is 4.79 Å².